The Morgan fingerprint density at radius 1 is 1.50 bits per heavy atom. The van der Waals surface area contributed by atoms with Crippen LogP contribution in [0.15, 0.2) is 0 Å². The highest BCUT2D eigenvalue weighted by atomic mass is 16.5. The zero-order chi connectivity index (χ0) is 13.8. The van der Waals surface area contributed by atoms with Gasteiger partial charge in [0.2, 0.25) is 0 Å². The number of hydrogen-bond donors (Lipinski definition) is 1. The molecule has 1 aliphatic heterocycles. The molecule has 1 N–H and O–H groups in total. The standard InChI is InChI=1S/C13H23NO4/c1-4-5-8-18-10(2)11(15)14-7-6-13(3,9-14)12(16)17/h10H,4-9H2,1-3H3,(H,16,17). The van der Waals surface area contributed by atoms with Gasteiger partial charge in [-0.05, 0) is 26.7 Å². The normalized spacial score (nSPS) is 25.2. The van der Waals surface area contributed by atoms with E-state index in [4.69, 9.17) is 9.84 Å². The van der Waals surface area contributed by atoms with Gasteiger partial charge in [0.25, 0.3) is 5.91 Å². The molecular formula is C13H23NO4. The molecule has 5 heteroatoms. The van der Waals surface area contributed by atoms with E-state index >= 15 is 0 Å². The Labute approximate surface area is 108 Å². The lowest BCUT2D eigenvalue weighted by Gasteiger charge is -2.23. The molecule has 2 atom stereocenters. The molecule has 0 bridgehead atoms. The van der Waals surface area contributed by atoms with Gasteiger partial charge in [-0.3, -0.25) is 9.59 Å². The highest BCUT2D eigenvalue weighted by molar-refractivity contribution is 5.83. The van der Waals surface area contributed by atoms with Gasteiger partial charge in [0.05, 0.1) is 5.41 Å². The Balaban J connectivity index is 2.46. The topological polar surface area (TPSA) is 66.8 Å². The predicted molar refractivity (Wildman–Crippen MR) is 67.3 cm³/mol. The second-order valence-corrected chi connectivity index (χ2v) is 5.24. The molecule has 0 aliphatic carbocycles. The maximum absolute atomic E-state index is 12.1. The van der Waals surface area contributed by atoms with E-state index in [1.54, 1.807) is 18.7 Å². The molecule has 1 heterocycles. The van der Waals surface area contributed by atoms with Gasteiger partial charge in [0, 0.05) is 19.7 Å². The van der Waals surface area contributed by atoms with Crippen molar-refractivity contribution in [1.82, 2.24) is 4.90 Å². The molecule has 0 radical (unpaired) electrons. The molecule has 0 saturated carbocycles. The molecule has 5 nitrogen and oxygen atoms in total. The van der Waals surface area contributed by atoms with Gasteiger partial charge >= 0.3 is 5.97 Å². The molecule has 1 aliphatic rings. The molecule has 1 rings (SSSR count). The smallest absolute Gasteiger partial charge is 0.311 e. The van der Waals surface area contributed by atoms with Gasteiger partial charge in [-0.2, -0.15) is 0 Å². The monoisotopic (exact) mass is 257 g/mol. The summed E-state index contributed by atoms with van der Waals surface area (Å²) in [4.78, 5) is 24.8. The third kappa shape index (κ3) is 3.45. The Kier molecular flexibility index (Phi) is 5.14. The van der Waals surface area contributed by atoms with Crippen molar-refractivity contribution in [1.29, 1.82) is 0 Å². The number of carboxylic acid groups (broad SMARTS) is 1. The number of amides is 1. The molecule has 0 spiro atoms. The van der Waals surface area contributed by atoms with Crippen molar-refractivity contribution < 1.29 is 19.4 Å². The quantitative estimate of drug-likeness (QED) is 0.732. The summed E-state index contributed by atoms with van der Waals surface area (Å²) in [6.07, 6.45) is 2.00. The first kappa shape index (κ1) is 15.0. The molecule has 0 aromatic carbocycles. The van der Waals surface area contributed by atoms with E-state index in [9.17, 15) is 9.59 Å². The number of hydrogen-bond acceptors (Lipinski definition) is 3. The van der Waals surface area contributed by atoms with E-state index in [1.165, 1.54) is 0 Å². The fourth-order valence-electron chi connectivity index (χ4n) is 2.06. The van der Waals surface area contributed by atoms with Gasteiger partial charge in [0.1, 0.15) is 6.10 Å². The van der Waals surface area contributed by atoms with Gasteiger partial charge in [-0.25, -0.2) is 0 Å². The summed E-state index contributed by atoms with van der Waals surface area (Å²) in [7, 11) is 0. The van der Waals surface area contributed by atoms with Crippen molar-refractivity contribution in [3.05, 3.63) is 0 Å². The summed E-state index contributed by atoms with van der Waals surface area (Å²) in [5, 5.41) is 9.11. The zero-order valence-electron chi connectivity index (χ0n) is 11.4. The summed E-state index contributed by atoms with van der Waals surface area (Å²) in [6, 6.07) is 0. The van der Waals surface area contributed by atoms with Crippen LogP contribution >= 0.6 is 0 Å². The number of carboxylic acids is 1. The number of carbonyl (C=O) groups excluding carboxylic acids is 1. The number of unbranched alkanes of at least 4 members (excludes halogenated alkanes) is 1. The molecule has 0 aromatic heterocycles. The summed E-state index contributed by atoms with van der Waals surface area (Å²) in [5.74, 6) is -0.937. The molecule has 1 saturated heterocycles. The van der Waals surface area contributed by atoms with Crippen molar-refractivity contribution in [2.75, 3.05) is 19.7 Å². The van der Waals surface area contributed by atoms with Gasteiger partial charge < -0.3 is 14.7 Å². The number of aliphatic carboxylic acids is 1. The second kappa shape index (κ2) is 6.18. The fourth-order valence-corrected chi connectivity index (χ4v) is 2.06. The average Bonchev–Trinajstić information content (AvgIpc) is 2.72. The summed E-state index contributed by atoms with van der Waals surface area (Å²) < 4.78 is 5.45. The molecule has 1 fully saturated rings. The van der Waals surface area contributed by atoms with Crippen molar-refractivity contribution >= 4 is 11.9 Å². The lowest BCUT2D eigenvalue weighted by atomic mass is 9.90. The minimum absolute atomic E-state index is 0.101. The van der Waals surface area contributed by atoms with Crippen LogP contribution in [0.5, 0.6) is 0 Å². The second-order valence-electron chi connectivity index (χ2n) is 5.24. The largest absolute Gasteiger partial charge is 0.481 e. The highest BCUT2D eigenvalue weighted by Crippen LogP contribution is 2.30. The summed E-state index contributed by atoms with van der Waals surface area (Å²) >= 11 is 0. The van der Waals surface area contributed by atoms with Crippen LogP contribution in [-0.2, 0) is 14.3 Å². The van der Waals surface area contributed by atoms with E-state index < -0.39 is 17.5 Å². The van der Waals surface area contributed by atoms with Crippen LogP contribution in [0.4, 0.5) is 0 Å². The number of likely N-dealkylation sites (tertiary alicyclic amines) is 1. The van der Waals surface area contributed by atoms with Crippen LogP contribution in [0.3, 0.4) is 0 Å². The van der Waals surface area contributed by atoms with Gasteiger partial charge in [-0.15, -0.1) is 0 Å². The Morgan fingerprint density at radius 2 is 2.17 bits per heavy atom. The number of ether oxygens (including phenoxy) is 1. The van der Waals surface area contributed by atoms with E-state index in [2.05, 4.69) is 6.92 Å². The summed E-state index contributed by atoms with van der Waals surface area (Å²) in [5.41, 5.74) is -0.807. The lowest BCUT2D eigenvalue weighted by molar-refractivity contribution is -0.148. The third-order valence-corrected chi connectivity index (χ3v) is 3.51. The molecule has 104 valence electrons. The zero-order valence-corrected chi connectivity index (χ0v) is 11.4. The van der Waals surface area contributed by atoms with Crippen molar-refractivity contribution in [3.63, 3.8) is 0 Å². The molecule has 1 amide bonds. The SMILES string of the molecule is CCCCOC(C)C(=O)N1CCC(C)(C(=O)O)C1. The van der Waals surface area contributed by atoms with Gasteiger partial charge in [0.15, 0.2) is 0 Å². The maximum Gasteiger partial charge on any atom is 0.311 e. The number of rotatable bonds is 6. The fraction of sp³-hybridized carbons (Fsp3) is 0.846. The third-order valence-electron chi connectivity index (χ3n) is 3.51. The maximum atomic E-state index is 12.1. The minimum atomic E-state index is -0.836. The number of carbonyl (C=O) groups is 2. The van der Waals surface area contributed by atoms with E-state index in [-0.39, 0.29) is 12.5 Å². The predicted octanol–water partition coefficient (Wildman–Crippen LogP) is 1.51. The molecule has 18 heavy (non-hydrogen) atoms. The molecule has 2 unspecified atom stereocenters. The molecule has 0 aromatic rings. The van der Waals surface area contributed by atoms with Crippen LogP contribution in [0.1, 0.15) is 40.0 Å². The van der Waals surface area contributed by atoms with Crippen molar-refractivity contribution in [3.8, 4) is 0 Å². The van der Waals surface area contributed by atoms with E-state index in [0.717, 1.165) is 12.8 Å². The Hall–Kier alpha value is -1.10. The summed E-state index contributed by atoms with van der Waals surface area (Å²) in [6.45, 7) is 6.84. The van der Waals surface area contributed by atoms with Gasteiger partial charge in [-0.1, -0.05) is 13.3 Å². The first-order chi connectivity index (χ1) is 8.40. The first-order valence-corrected chi connectivity index (χ1v) is 6.54. The number of nitrogens with zero attached hydrogens (tertiary/aromatic N) is 1. The average molecular weight is 257 g/mol. The lowest BCUT2D eigenvalue weighted by Crippen LogP contribution is -2.40. The van der Waals surface area contributed by atoms with E-state index in [1.807, 2.05) is 0 Å². The highest BCUT2D eigenvalue weighted by Gasteiger charge is 2.42. The van der Waals surface area contributed by atoms with Crippen LogP contribution in [0.2, 0.25) is 0 Å². The minimum Gasteiger partial charge on any atom is -0.481 e. The van der Waals surface area contributed by atoms with Crippen LogP contribution in [-0.4, -0.2) is 47.7 Å². The van der Waals surface area contributed by atoms with E-state index in [0.29, 0.717) is 19.6 Å². The Bertz CT molecular complexity index is 318. The van der Waals surface area contributed by atoms with Crippen molar-refractivity contribution in [2.24, 2.45) is 5.41 Å². The van der Waals surface area contributed by atoms with Crippen LogP contribution < -0.4 is 0 Å². The Morgan fingerprint density at radius 3 is 2.67 bits per heavy atom. The molecular weight excluding hydrogens is 234 g/mol. The first-order valence-electron chi connectivity index (χ1n) is 6.54. The van der Waals surface area contributed by atoms with Crippen LogP contribution in [0.25, 0.3) is 0 Å². The van der Waals surface area contributed by atoms with Crippen LogP contribution in [0, 0.1) is 5.41 Å². The van der Waals surface area contributed by atoms with Crippen molar-refractivity contribution in [2.45, 2.75) is 46.1 Å².